The Balaban J connectivity index is 2.56. The van der Waals surface area contributed by atoms with Crippen LogP contribution in [0.15, 0.2) is 18.3 Å². The summed E-state index contributed by atoms with van der Waals surface area (Å²) in [5.41, 5.74) is 1.07. The number of ether oxygens (including phenoxy) is 1. The quantitative estimate of drug-likeness (QED) is 0.351. The van der Waals surface area contributed by atoms with E-state index in [4.69, 9.17) is 4.74 Å². The van der Waals surface area contributed by atoms with Crippen LogP contribution in [0.4, 0.5) is 0 Å². The highest BCUT2D eigenvalue weighted by molar-refractivity contribution is 5.84. The van der Waals surface area contributed by atoms with Crippen molar-refractivity contribution >= 4 is 11.8 Å². The first-order valence-electron chi connectivity index (χ1n) is 11.7. The highest BCUT2D eigenvalue weighted by Gasteiger charge is 2.21. The summed E-state index contributed by atoms with van der Waals surface area (Å²) in [4.78, 5) is 29.3. The Morgan fingerprint density at radius 1 is 0.933 bits per heavy atom. The fourth-order valence-corrected chi connectivity index (χ4v) is 3.57. The molecule has 0 spiro atoms. The maximum Gasteiger partial charge on any atom is 0.242 e. The Morgan fingerprint density at radius 2 is 1.63 bits per heavy atom. The molecule has 0 radical (unpaired) electrons. The molecule has 0 unspecified atom stereocenters. The SMILES string of the molecule is CCCCCCCCCC(=O)N(CCC)CC(=O)N(CCOC)Cc1cccn1C. The van der Waals surface area contributed by atoms with Crippen molar-refractivity contribution in [2.75, 3.05) is 33.4 Å². The van der Waals surface area contributed by atoms with Gasteiger partial charge in [0.25, 0.3) is 0 Å². The van der Waals surface area contributed by atoms with Gasteiger partial charge < -0.3 is 19.1 Å². The minimum Gasteiger partial charge on any atom is -0.383 e. The second-order valence-corrected chi connectivity index (χ2v) is 8.11. The Kier molecular flexibility index (Phi) is 13.9. The van der Waals surface area contributed by atoms with E-state index in [9.17, 15) is 9.59 Å². The summed E-state index contributed by atoms with van der Waals surface area (Å²) >= 11 is 0. The molecule has 1 rings (SSSR count). The van der Waals surface area contributed by atoms with E-state index < -0.39 is 0 Å². The molecule has 0 saturated carbocycles. The molecule has 6 heteroatoms. The molecule has 172 valence electrons. The Hall–Kier alpha value is -1.82. The number of aryl methyl sites for hydroxylation is 1. The standard InChI is InChI=1S/C24H43N3O3/c1-5-7-8-9-10-11-12-15-23(28)26(16-6-2)21-24(29)27(18-19-30-4)20-22-14-13-17-25(22)3/h13-14,17H,5-12,15-16,18-21H2,1-4H3. The first-order valence-corrected chi connectivity index (χ1v) is 11.7. The molecule has 30 heavy (non-hydrogen) atoms. The molecular formula is C24H43N3O3. The number of aromatic nitrogens is 1. The van der Waals surface area contributed by atoms with Gasteiger partial charge in [0, 0.05) is 45.6 Å². The number of nitrogens with zero attached hydrogens (tertiary/aromatic N) is 3. The first-order chi connectivity index (χ1) is 14.5. The van der Waals surface area contributed by atoms with E-state index in [-0.39, 0.29) is 18.4 Å². The molecular weight excluding hydrogens is 378 g/mol. The third-order valence-corrected chi connectivity index (χ3v) is 5.49. The van der Waals surface area contributed by atoms with Crippen molar-refractivity contribution in [3.63, 3.8) is 0 Å². The lowest BCUT2D eigenvalue weighted by atomic mass is 10.1. The van der Waals surface area contributed by atoms with Crippen molar-refractivity contribution in [2.24, 2.45) is 7.05 Å². The summed E-state index contributed by atoms with van der Waals surface area (Å²) in [7, 11) is 3.61. The van der Waals surface area contributed by atoms with Crippen LogP contribution in [-0.4, -0.2) is 59.5 Å². The average Bonchev–Trinajstić information content (AvgIpc) is 3.14. The van der Waals surface area contributed by atoms with E-state index in [0.29, 0.717) is 32.7 Å². The summed E-state index contributed by atoms with van der Waals surface area (Å²) in [5.74, 6) is 0.0823. The molecule has 0 bridgehead atoms. The lowest BCUT2D eigenvalue weighted by Crippen LogP contribution is -2.44. The molecule has 0 aromatic carbocycles. The predicted molar refractivity (Wildman–Crippen MR) is 122 cm³/mol. The zero-order chi connectivity index (χ0) is 22.2. The first kappa shape index (κ1) is 26.2. The van der Waals surface area contributed by atoms with Crippen LogP contribution in [0.25, 0.3) is 0 Å². The molecule has 0 atom stereocenters. The van der Waals surface area contributed by atoms with Gasteiger partial charge >= 0.3 is 0 Å². The number of unbranched alkanes of at least 4 members (excludes halogenated alkanes) is 6. The van der Waals surface area contributed by atoms with Gasteiger partial charge in [-0.25, -0.2) is 0 Å². The predicted octanol–water partition coefficient (Wildman–Crippen LogP) is 4.38. The molecule has 1 aromatic rings. The highest BCUT2D eigenvalue weighted by atomic mass is 16.5. The molecule has 0 aliphatic heterocycles. The smallest absolute Gasteiger partial charge is 0.242 e. The van der Waals surface area contributed by atoms with Crippen LogP contribution in [0.5, 0.6) is 0 Å². The summed E-state index contributed by atoms with van der Waals surface area (Å²) in [5, 5.41) is 0. The molecule has 0 fully saturated rings. The molecule has 0 saturated heterocycles. The minimum absolute atomic E-state index is 0.0189. The van der Waals surface area contributed by atoms with Crippen molar-refractivity contribution < 1.29 is 14.3 Å². The van der Waals surface area contributed by atoms with Gasteiger partial charge in [-0.15, -0.1) is 0 Å². The van der Waals surface area contributed by atoms with E-state index in [2.05, 4.69) is 6.92 Å². The number of carbonyl (C=O) groups is 2. The normalized spacial score (nSPS) is 10.9. The summed E-state index contributed by atoms with van der Waals surface area (Å²) in [6, 6.07) is 3.99. The molecule has 0 N–H and O–H groups in total. The third-order valence-electron chi connectivity index (χ3n) is 5.49. The van der Waals surface area contributed by atoms with Crippen molar-refractivity contribution in [3.8, 4) is 0 Å². The Bertz CT molecular complexity index is 600. The topological polar surface area (TPSA) is 54.8 Å². The van der Waals surface area contributed by atoms with Gasteiger partial charge in [-0.05, 0) is 25.0 Å². The van der Waals surface area contributed by atoms with Crippen LogP contribution >= 0.6 is 0 Å². The van der Waals surface area contributed by atoms with Gasteiger partial charge in [0.2, 0.25) is 11.8 Å². The van der Waals surface area contributed by atoms with E-state index >= 15 is 0 Å². The summed E-state index contributed by atoms with van der Waals surface area (Å²) < 4.78 is 7.21. The van der Waals surface area contributed by atoms with Crippen LogP contribution in [0, 0.1) is 0 Å². The van der Waals surface area contributed by atoms with Gasteiger partial charge in [0.15, 0.2) is 0 Å². The fraction of sp³-hybridized carbons (Fsp3) is 0.750. The van der Waals surface area contributed by atoms with Crippen LogP contribution in [0.2, 0.25) is 0 Å². The van der Waals surface area contributed by atoms with E-state index in [1.807, 2.05) is 36.9 Å². The maximum absolute atomic E-state index is 13.0. The van der Waals surface area contributed by atoms with Crippen molar-refractivity contribution in [1.82, 2.24) is 14.4 Å². The number of carbonyl (C=O) groups excluding carboxylic acids is 2. The van der Waals surface area contributed by atoms with Gasteiger partial charge in [-0.2, -0.15) is 0 Å². The summed E-state index contributed by atoms with van der Waals surface area (Å²) in [6.07, 6.45) is 11.7. The van der Waals surface area contributed by atoms with Crippen molar-refractivity contribution in [3.05, 3.63) is 24.0 Å². The van der Waals surface area contributed by atoms with E-state index in [0.717, 1.165) is 25.0 Å². The number of hydrogen-bond donors (Lipinski definition) is 0. The number of rotatable bonds is 17. The molecule has 0 aliphatic carbocycles. The zero-order valence-corrected chi connectivity index (χ0v) is 19.7. The van der Waals surface area contributed by atoms with E-state index in [1.165, 1.54) is 32.1 Å². The van der Waals surface area contributed by atoms with Crippen molar-refractivity contribution in [1.29, 1.82) is 0 Å². The average molecular weight is 422 g/mol. The lowest BCUT2D eigenvalue weighted by molar-refractivity contribution is -0.141. The Morgan fingerprint density at radius 3 is 2.23 bits per heavy atom. The minimum atomic E-state index is -0.0189. The summed E-state index contributed by atoms with van der Waals surface area (Å²) in [6.45, 7) is 6.57. The zero-order valence-electron chi connectivity index (χ0n) is 19.7. The molecule has 1 aromatic heterocycles. The van der Waals surface area contributed by atoms with Crippen LogP contribution < -0.4 is 0 Å². The number of hydrogen-bond acceptors (Lipinski definition) is 3. The molecule has 2 amide bonds. The second-order valence-electron chi connectivity index (χ2n) is 8.11. The van der Waals surface area contributed by atoms with Gasteiger partial charge in [0.1, 0.15) is 0 Å². The van der Waals surface area contributed by atoms with Crippen molar-refractivity contribution in [2.45, 2.75) is 78.2 Å². The number of amides is 2. The molecule has 0 aliphatic rings. The largest absolute Gasteiger partial charge is 0.383 e. The van der Waals surface area contributed by atoms with Gasteiger partial charge in [-0.1, -0.05) is 52.4 Å². The van der Waals surface area contributed by atoms with Gasteiger partial charge in [-0.3, -0.25) is 9.59 Å². The third kappa shape index (κ3) is 10.3. The van der Waals surface area contributed by atoms with Gasteiger partial charge in [0.05, 0.1) is 19.7 Å². The van der Waals surface area contributed by atoms with E-state index in [1.54, 1.807) is 16.9 Å². The highest BCUT2D eigenvalue weighted by Crippen LogP contribution is 2.11. The Labute approximate surface area is 183 Å². The van der Waals surface area contributed by atoms with Crippen LogP contribution in [0.3, 0.4) is 0 Å². The fourth-order valence-electron chi connectivity index (χ4n) is 3.57. The van der Waals surface area contributed by atoms with Crippen LogP contribution in [0.1, 0.15) is 77.3 Å². The number of methoxy groups -OCH3 is 1. The van der Waals surface area contributed by atoms with Crippen LogP contribution in [-0.2, 0) is 27.9 Å². The molecule has 6 nitrogen and oxygen atoms in total. The second kappa shape index (κ2) is 15.9. The maximum atomic E-state index is 13.0. The monoisotopic (exact) mass is 421 g/mol. The molecule has 1 heterocycles. The lowest BCUT2D eigenvalue weighted by Gasteiger charge is -2.27.